The average molecular weight is 231 g/mol. The fourth-order valence-electron chi connectivity index (χ4n) is 1.12. The lowest BCUT2D eigenvalue weighted by Crippen LogP contribution is -2.13. The molecule has 1 aromatic rings. The minimum absolute atomic E-state index is 1.06. The summed E-state index contributed by atoms with van der Waals surface area (Å²) in [5.41, 5.74) is 0. The Morgan fingerprint density at radius 3 is 2.86 bits per heavy atom. The van der Waals surface area contributed by atoms with Gasteiger partial charge in [-0.1, -0.05) is 30.0 Å². The van der Waals surface area contributed by atoms with Crippen molar-refractivity contribution >= 4 is 23.1 Å². The van der Waals surface area contributed by atoms with E-state index in [0.717, 1.165) is 23.8 Å². The second-order valence-electron chi connectivity index (χ2n) is 2.98. The van der Waals surface area contributed by atoms with Gasteiger partial charge in [-0.3, -0.25) is 0 Å². The fourth-order valence-corrected chi connectivity index (χ4v) is 2.48. The van der Waals surface area contributed by atoms with Gasteiger partial charge in [-0.2, -0.15) is 0 Å². The highest BCUT2D eigenvalue weighted by Gasteiger charge is 2.01. The van der Waals surface area contributed by atoms with Gasteiger partial charge in [-0.15, -0.1) is 10.2 Å². The van der Waals surface area contributed by atoms with Crippen molar-refractivity contribution in [3.63, 3.8) is 0 Å². The summed E-state index contributed by atoms with van der Waals surface area (Å²) in [6.45, 7) is 4.32. The van der Waals surface area contributed by atoms with Gasteiger partial charge in [0.05, 0.1) is 0 Å². The van der Waals surface area contributed by atoms with Crippen LogP contribution < -0.4 is 5.32 Å². The number of hydrogen-bond acceptors (Lipinski definition) is 5. The number of aromatic nitrogens is 2. The van der Waals surface area contributed by atoms with Gasteiger partial charge in [0.25, 0.3) is 0 Å². The van der Waals surface area contributed by atoms with Crippen LogP contribution in [0.5, 0.6) is 0 Å². The Kier molecular flexibility index (Phi) is 6.14. The van der Waals surface area contributed by atoms with E-state index in [1.165, 1.54) is 17.8 Å². The molecule has 0 aromatic carbocycles. The predicted octanol–water partition coefficient (Wildman–Crippen LogP) is 2.19. The Labute approximate surface area is 93.7 Å². The Hall–Kier alpha value is -0.130. The first-order valence-corrected chi connectivity index (χ1v) is 6.98. The number of nitrogens with zero attached hydrogens (tertiary/aromatic N) is 2. The topological polar surface area (TPSA) is 37.8 Å². The maximum absolute atomic E-state index is 4.13. The molecule has 5 heteroatoms. The molecule has 0 aliphatic rings. The van der Waals surface area contributed by atoms with Crippen molar-refractivity contribution in [2.75, 3.05) is 19.3 Å². The molecular weight excluding hydrogens is 214 g/mol. The molecule has 0 amide bonds. The van der Waals surface area contributed by atoms with Gasteiger partial charge in [0.2, 0.25) is 0 Å². The quantitative estimate of drug-likeness (QED) is 0.576. The third kappa shape index (κ3) is 4.39. The van der Waals surface area contributed by atoms with E-state index in [1.807, 2.05) is 6.26 Å². The smallest absolute Gasteiger partial charge is 0.174 e. The molecule has 0 atom stereocenters. The summed E-state index contributed by atoms with van der Waals surface area (Å²) in [4.78, 5) is 0. The Morgan fingerprint density at radius 1 is 1.36 bits per heavy atom. The highest BCUT2D eigenvalue weighted by molar-refractivity contribution is 8.00. The Bertz CT molecular complexity index is 250. The fraction of sp³-hybridized carbons (Fsp3) is 0.778. The second-order valence-corrected chi connectivity index (χ2v) is 5.09. The van der Waals surface area contributed by atoms with Crippen LogP contribution in [0.25, 0.3) is 0 Å². The van der Waals surface area contributed by atoms with Crippen molar-refractivity contribution in [1.29, 1.82) is 0 Å². The third-order valence-electron chi connectivity index (χ3n) is 1.87. The van der Waals surface area contributed by atoms with Crippen LogP contribution in [0.1, 0.15) is 24.8 Å². The first-order chi connectivity index (χ1) is 6.86. The monoisotopic (exact) mass is 231 g/mol. The normalized spacial score (nSPS) is 10.7. The summed E-state index contributed by atoms with van der Waals surface area (Å²) >= 11 is 3.39. The number of hydrogen-bond donors (Lipinski definition) is 1. The number of unbranched alkanes of at least 4 members (excludes halogenated alkanes) is 1. The molecule has 1 aromatic heterocycles. The van der Waals surface area contributed by atoms with Crippen LogP contribution in [0, 0.1) is 0 Å². The molecule has 3 nitrogen and oxygen atoms in total. The summed E-state index contributed by atoms with van der Waals surface area (Å²) in [7, 11) is 0. The molecule has 0 aliphatic carbocycles. The van der Waals surface area contributed by atoms with Crippen molar-refractivity contribution in [1.82, 2.24) is 15.5 Å². The first-order valence-electron chi connectivity index (χ1n) is 4.94. The zero-order chi connectivity index (χ0) is 10.2. The van der Waals surface area contributed by atoms with Gasteiger partial charge < -0.3 is 5.32 Å². The number of rotatable bonds is 7. The summed E-state index contributed by atoms with van der Waals surface area (Å²) in [6, 6.07) is 0. The second kappa shape index (κ2) is 7.20. The standard InChI is InChI=1S/C9H17N3S2/c1-3-10-7-5-4-6-8-11-12-9(13-2)14-8/h10H,3-7H2,1-2H3. The van der Waals surface area contributed by atoms with Crippen molar-refractivity contribution in [3.8, 4) is 0 Å². The molecule has 0 saturated heterocycles. The van der Waals surface area contributed by atoms with Crippen LogP contribution >= 0.6 is 23.1 Å². The molecule has 14 heavy (non-hydrogen) atoms. The van der Waals surface area contributed by atoms with Gasteiger partial charge in [0.15, 0.2) is 4.34 Å². The minimum atomic E-state index is 1.06. The molecule has 1 rings (SSSR count). The van der Waals surface area contributed by atoms with Crippen LogP contribution in [-0.2, 0) is 6.42 Å². The van der Waals surface area contributed by atoms with Gasteiger partial charge in [0, 0.05) is 6.42 Å². The average Bonchev–Trinajstić information content (AvgIpc) is 2.65. The van der Waals surface area contributed by atoms with E-state index in [1.54, 1.807) is 23.1 Å². The lowest BCUT2D eigenvalue weighted by molar-refractivity contribution is 0.638. The van der Waals surface area contributed by atoms with Gasteiger partial charge in [0.1, 0.15) is 5.01 Å². The predicted molar refractivity (Wildman–Crippen MR) is 63.2 cm³/mol. The molecule has 0 bridgehead atoms. The van der Waals surface area contributed by atoms with Crippen LogP contribution in [0.15, 0.2) is 4.34 Å². The molecular formula is C9H17N3S2. The van der Waals surface area contributed by atoms with Crippen LogP contribution in [0.2, 0.25) is 0 Å². The summed E-state index contributed by atoms with van der Waals surface area (Å²) in [6.07, 6.45) is 5.54. The SMILES string of the molecule is CCNCCCCc1nnc(SC)s1. The molecule has 0 aliphatic heterocycles. The van der Waals surface area contributed by atoms with E-state index < -0.39 is 0 Å². The molecule has 0 saturated carbocycles. The molecule has 1 N–H and O–H groups in total. The van der Waals surface area contributed by atoms with Crippen molar-refractivity contribution in [2.24, 2.45) is 0 Å². The van der Waals surface area contributed by atoms with Crippen LogP contribution in [0.4, 0.5) is 0 Å². The lowest BCUT2D eigenvalue weighted by atomic mass is 10.2. The Balaban J connectivity index is 2.12. The van der Waals surface area contributed by atoms with E-state index in [2.05, 4.69) is 22.4 Å². The van der Waals surface area contributed by atoms with E-state index in [0.29, 0.717) is 0 Å². The maximum atomic E-state index is 4.13. The molecule has 0 spiro atoms. The number of thioether (sulfide) groups is 1. The van der Waals surface area contributed by atoms with Crippen LogP contribution in [-0.4, -0.2) is 29.5 Å². The zero-order valence-electron chi connectivity index (χ0n) is 8.75. The van der Waals surface area contributed by atoms with Crippen LogP contribution in [0.3, 0.4) is 0 Å². The lowest BCUT2D eigenvalue weighted by Gasteiger charge is -1.98. The Morgan fingerprint density at radius 2 is 2.21 bits per heavy atom. The molecule has 1 heterocycles. The molecule has 80 valence electrons. The molecule has 0 fully saturated rings. The van der Waals surface area contributed by atoms with Gasteiger partial charge in [-0.05, 0) is 32.2 Å². The van der Waals surface area contributed by atoms with E-state index >= 15 is 0 Å². The number of aryl methyl sites for hydroxylation is 1. The van der Waals surface area contributed by atoms with Gasteiger partial charge >= 0.3 is 0 Å². The highest BCUT2D eigenvalue weighted by atomic mass is 32.2. The zero-order valence-corrected chi connectivity index (χ0v) is 10.4. The molecule has 0 radical (unpaired) electrons. The van der Waals surface area contributed by atoms with E-state index in [9.17, 15) is 0 Å². The highest BCUT2D eigenvalue weighted by Crippen LogP contribution is 2.20. The molecule has 0 unspecified atom stereocenters. The van der Waals surface area contributed by atoms with Gasteiger partial charge in [-0.25, -0.2) is 0 Å². The largest absolute Gasteiger partial charge is 0.317 e. The van der Waals surface area contributed by atoms with Crippen molar-refractivity contribution in [2.45, 2.75) is 30.5 Å². The summed E-state index contributed by atoms with van der Waals surface area (Å²) in [5, 5.41) is 12.7. The number of nitrogens with one attached hydrogen (secondary N) is 1. The first kappa shape index (κ1) is 11.9. The maximum Gasteiger partial charge on any atom is 0.174 e. The van der Waals surface area contributed by atoms with E-state index in [4.69, 9.17) is 0 Å². The van der Waals surface area contributed by atoms with Crippen molar-refractivity contribution < 1.29 is 0 Å². The summed E-state index contributed by atoms with van der Waals surface area (Å²) < 4.78 is 1.08. The minimum Gasteiger partial charge on any atom is -0.317 e. The van der Waals surface area contributed by atoms with E-state index in [-0.39, 0.29) is 0 Å². The summed E-state index contributed by atoms with van der Waals surface area (Å²) in [5.74, 6) is 0. The van der Waals surface area contributed by atoms with Crippen molar-refractivity contribution in [3.05, 3.63) is 5.01 Å². The third-order valence-corrected chi connectivity index (χ3v) is 3.83.